The fraction of sp³-hybridized carbons (Fsp3) is 0.519. The number of imidazole rings is 2. The number of fused-ring (bicyclic) bond motifs is 2. The van der Waals surface area contributed by atoms with Gasteiger partial charge in [-0.05, 0) is 50.9 Å². The molecule has 0 aliphatic carbocycles. The lowest BCUT2D eigenvalue weighted by molar-refractivity contribution is 0.122. The highest BCUT2D eigenvalue weighted by Crippen LogP contribution is 2.30. The Labute approximate surface area is 216 Å². The maximum absolute atomic E-state index is 8.89. The van der Waals surface area contributed by atoms with Crippen molar-refractivity contribution in [1.29, 1.82) is 5.26 Å². The minimum Gasteiger partial charge on any atom is -0.378 e. The molecule has 10 heteroatoms. The number of aromatic nitrogens is 6. The van der Waals surface area contributed by atoms with Gasteiger partial charge in [0.25, 0.3) is 0 Å². The molecule has 0 saturated carbocycles. The highest BCUT2D eigenvalue weighted by atomic mass is 16.5. The quantitative estimate of drug-likeness (QED) is 0.399. The number of ether oxygens (including phenoxy) is 1. The standard InChI is InChI=1S/C27H33N9O/c1-19-29-21-6-3-4-7-22(21)36(19)27-31-25-24(26(32-27)35-14-16-37-17-15-35)30-23(33(25)2)18-20-8-12-34(13-9-20)11-5-10-28/h3-4,6-7,20H,5,8-9,11-18H2,1-2H3. The summed E-state index contributed by atoms with van der Waals surface area (Å²) in [7, 11) is 2.07. The molecule has 0 unspecified atom stereocenters. The van der Waals surface area contributed by atoms with Gasteiger partial charge in [-0.2, -0.15) is 15.2 Å². The Kier molecular flexibility index (Phi) is 6.49. The molecule has 2 saturated heterocycles. The third kappa shape index (κ3) is 4.54. The molecule has 0 N–H and O–H groups in total. The molecule has 0 spiro atoms. The fourth-order valence-electron chi connectivity index (χ4n) is 5.64. The van der Waals surface area contributed by atoms with Crippen LogP contribution in [0.1, 0.15) is 30.9 Å². The van der Waals surface area contributed by atoms with E-state index in [1.807, 2.05) is 29.7 Å². The second-order valence-electron chi connectivity index (χ2n) is 10.1. The Bertz CT molecular complexity index is 1450. The molecule has 2 aliphatic heterocycles. The number of para-hydroxylation sites is 2. The summed E-state index contributed by atoms with van der Waals surface area (Å²) in [5, 5.41) is 8.89. The van der Waals surface area contributed by atoms with Gasteiger partial charge in [-0.1, -0.05) is 12.1 Å². The molecular formula is C27H33N9O. The van der Waals surface area contributed by atoms with Crippen LogP contribution in [0, 0.1) is 24.2 Å². The van der Waals surface area contributed by atoms with Crippen molar-refractivity contribution in [2.45, 2.75) is 32.6 Å². The summed E-state index contributed by atoms with van der Waals surface area (Å²) < 4.78 is 9.83. The Hall–Kier alpha value is -3.55. The number of rotatable bonds is 6. The lowest BCUT2D eigenvalue weighted by Gasteiger charge is -2.31. The van der Waals surface area contributed by atoms with Crippen molar-refractivity contribution >= 4 is 28.0 Å². The van der Waals surface area contributed by atoms with Crippen LogP contribution in [0.3, 0.4) is 0 Å². The average molecular weight is 500 g/mol. The third-order valence-corrected chi connectivity index (χ3v) is 7.74. The minimum absolute atomic E-state index is 0.577. The number of nitrogens with zero attached hydrogens (tertiary/aromatic N) is 9. The minimum atomic E-state index is 0.577. The molecule has 1 aromatic carbocycles. The van der Waals surface area contributed by atoms with Gasteiger partial charge in [0, 0.05) is 39.5 Å². The largest absolute Gasteiger partial charge is 0.378 e. The van der Waals surface area contributed by atoms with E-state index in [2.05, 4.69) is 33.6 Å². The summed E-state index contributed by atoms with van der Waals surface area (Å²) in [5.74, 6) is 3.99. The number of hydrogen-bond acceptors (Lipinski definition) is 8. The van der Waals surface area contributed by atoms with E-state index in [9.17, 15) is 0 Å². The first-order chi connectivity index (χ1) is 18.1. The lowest BCUT2D eigenvalue weighted by atomic mass is 9.93. The smallest absolute Gasteiger partial charge is 0.239 e. The van der Waals surface area contributed by atoms with Crippen LogP contribution in [0.2, 0.25) is 0 Å². The number of anilines is 1. The van der Waals surface area contributed by atoms with E-state index < -0.39 is 0 Å². The van der Waals surface area contributed by atoms with E-state index in [4.69, 9.17) is 29.9 Å². The molecule has 2 aliphatic rings. The fourth-order valence-corrected chi connectivity index (χ4v) is 5.64. The second-order valence-corrected chi connectivity index (χ2v) is 10.1. The van der Waals surface area contributed by atoms with Crippen molar-refractivity contribution in [3.8, 4) is 12.0 Å². The molecule has 192 valence electrons. The monoisotopic (exact) mass is 499 g/mol. The van der Waals surface area contributed by atoms with Gasteiger partial charge in [0.2, 0.25) is 5.95 Å². The number of morpholine rings is 1. The zero-order valence-electron chi connectivity index (χ0n) is 21.6. The van der Waals surface area contributed by atoms with Crippen molar-refractivity contribution in [2.75, 3.05) is 50.8 Å². The Morgan fingerprint density at radius 3 is 2.59 bits per heavy atom. The number of hydrogen-bond donors (Lipinski definition) is 0. The molecule has 37 heavy (non-hydrogen) atoms. The SMILES string of the molecule is Cc1nc2ccccc2n1-c1nc(N2CCOCC2)c2nc(CC3CCN(CCC#N)CC3)n(C)c2n1. The molecule has 5 heterocycles. The predicted molar refractivity (Wildman–Crippen MR) is 142 cm³/mol. The van der Waals surface area contributed by atoms with Gasteiger partial charge in [0.05, 0.1) is 30.3 Å². The van der Waals surface area contributed by atoms with Crippen molar-refractivity contribution in [2.24, 2.45) is 13.0 Å². The van der Waals surface area contributed by atoms with Gasteiger partial charge in [-0.25, -0.2) is 9.97 Å². The number of likely N-dealkylation sites (tertiary alicyclic amines) is 1. The van der Waals surface area contributed by atoms with Crippen LogP contribution in [0.5, 0.6) is 0 Å². The van der Waals surface area contributed by atoms with E-state index in [0.717, 1.165) is 91.7 Å². The highest BCUT2D eigenvalue weighted by Gasteiger charge is 2.26. The maximum Gasteiger partial charge on any atom is 0.239 e. The van der Waals surface area contributed by atoms with Crippen LogP contribution in [0.25, 0.3) is 28.1 Å². The van der Waals surface area contributed by atoms with Crippen LogP contribution in [0.15, 0.2) is 24.3 Å². The van der Waals surface area contributed by atoms with Gasteiger partial charge in [0.1, 0.15) is 11.6 Å². The highest BCUT2D eigenvalue weighted by molar-refractivity contribution is 5.86. The van der Waals surface area contributed by atoms with E-state index >= 15 is 0 Å². The van der Waals surface area contributed by atoms with Crippen LogP contribution < -0.4 is 4.90 Å². The number of piperidine rings is 1. The molecule has 3 aromatic heterocycles. The van der Waals surface area contributed by atoms with Gasteiger partial charge in [-0.3, -0.25) is 4.57 Å². The second kappa shape index (κ2) is 10.1. The van der Waals surface area contributed by atoms with Crippen LogP contribution in [-0.4, -0.2) is 79.9 Å². The Balaban J connectivity index is 1.38. The molecule has 4 aromatic rings. The summed E-state index contributed by atoms with van der Waals surface area (Å²) >= 11 is 0. The zero-order chi connectivity index (χ0) is 25.4. The first-order valence-corrected chi connectivity index (χ1v) is 13.2. The van der Waals surface area contributed by atoms with Crippen molar-refractivity contribution in [1.82, 2.24) is 34.0 Å². The van der Waals surface area contributed by atoms with Crippen LogP contribution in [-0.2, 0) is 18.2 Å². The Morgan fingerprint density at radius 1 is 1.03 bits per heavy atom. The summed E-state index contributed by atoms with van der Waals surface area (Å²) in [6, 6.07) is 10.4. The number of benzene rings is 1. The van der Waals surface area contributed by atoms with Gasteiger partial charge in [-0.15, -0.1) is 0 Å². The van der Waals surface area contributed by atoms with Crippen molar-refractivity contribution < 1.29 is 4.74 Å². The molecule has 10 nitrogen and oxygen atoms in total. The number of aryl methyl sites for hydroxylation is 2. The first-order valence-electron chi connectivity index (χ1n) is 13.2. The van der Waals surface area contributed by atoms with E-state index in [0.29, 0.717) is 31.5 Å². The molecular weight excluding hydrogens is 466 g/mol. The lowest BCUT2D eigenvalue weighted by Crippen LogP contribution is -2.37. The molecule has 2 fully saturated rings. The predicted octanol–water partition coefficient (Wildman–Crippen LogP) is 3.02. The van der Waals surface area contributed by atoms with Gasteiger partial charge >= 0.3 is 0 Å². The van der Waals surface area contributed by atoms with Crippen LogP contribution in [0.4, 0.5) is 5.82 Å². The number of nitriles is 1. The van der Waals surface area contributed by atoms with E-state index in [1.165, 1.54) is 0 Å². The zero-order valence-corrected chi connectivity index (χ0v) is 21.6. The van der Waals surface area contributed by atoms with Crippen LogP contribution >= 0.6 is 0 Å². The maximum atomic E-state index is 8.89. The average Bonchev–Trinajstić information content (AvgIpc) is 3.43. The summed E-state index contributed by atoms with van der Waals surface area (Å²) in [6.07, 6.45) is 3.78. The summed E-state index contributed by atoms with van der Waals surface area (Å²) in [5.41, 5.74) is 3.64. The molecule has 6 rings (SSSR count). The van der Waals surface area contributed by atoms with E-state index in [-0.39, 0.29) is 0 Å². The summed E-state index contributed by atoms with van der Waals surface area (Å²) in [6.45, 7) is 7.89. The molecule has 0 radical (unpaired) electrons. The first kappa shape index (κ1) is 23.8. The van der Waals surface area contributed by atoms with Gasteiger partial charge in [0.15, 0.2) is 17.0 Å². The Morgan fingerprint density at radius 2 is 1.81 bits per heavy atom. The normalized spacial score (nSPS) is 17.6. The molecule has 0 bridgehead atoms. The topological polar surface area (TPSA) is 101 Å². The summed E-state index contributed by atoms with van der Waals surface area (Å²) in [4.78, 5) is 24.7. The molecule has 0 atom stereocenters. The van der Waals surface area contributed by atoms with E-state index in [1.54, 1.807) is 0 Å². The molecule has 0 amide bonds. The van der Waals surface area contributed by atoms with Crippen molar-refractivity contribution in [3.63, 3.8) is 0 Å². The third-order valence-electron chi connectivity index (χ3n) is 7.74. The van der Waals surface area contributed by atoms with Crippen molar-refractivity contribution in [3.05, 3.63) is 35.9 Å². The van der Waals surface area contributed by atoms with Gasteiger partial charge < -0.3 is 19.1 Å².